The number of esters is 1. The maximum Gasteiger partial charge on any atom is 0.356 e. The number of rotatable bonds is 3. The highest BCUT2D eigenvalue weighted by Gasteiger charge is 2.34. The number of aromatic nitrogens is 3. The van der Waals surface area contributed by atoms with E-state index < -0.39 is 11.9 Å². The highest BCUT2D eigenvalue weighted by Crippen LogP contribution is 2.37. The van der Waals surface area contributed by atoms with E-state index in [1.54, 1.807) is 12.1 Å². The van der Waals surface area contributed by atoms with E-state index in [-0.39, 0.29) is 29.6 Å². The monoisotopic (exact) mass is 329 g/mol. The summed E-state index contributed by atoms with van der Waals surface area (Å²) >= 11 is 0. The number of H-pyrrole nitrogens is 1. The fourth-order valence-electron chi connectivity index (χ4n) is 2.67. The smallest absolute Gasteiger partial charge is 0.356 e. The molecule has 3 heterocycles. The van der Waals surface area contributed by atoms with Crippen LogP contribution in [0.15, 0.2) is 18.2 Å². The largest absolute Gasteiger partial charge is 0.464 e. The normalized spacial score (nSPS) is 16.1. The van der Waals surface area contributed by atoms with E-state index in [1.807, 2.05) is 0 Å². The zero-order valence-electron chi connectivity index (χ0n) is 13.0. The molecule has 2 aromatic rings. The summed E-state index contributed by atoms with van der Waals surface area (Å²) in [6.07, 6.45) is 0.0914. The van der Waals surface area contributed by atoms with Gasteiger partial charge in [0.2, 0.25) is 5.91 Å². The van der Waals surface area contributed by atoms with Gasteiger partial charge in [-0.1, -0.05) is 6.07 Å². The van der Waals surface area contributed by atoms with Crippen LogP contribution in [0.3, 0.4) is 0 Å². The van der Waals surface area contributed by atoms with Crippen LogP contribution < -0.4 is 10.6 Å². The predicted molar refractivity (Wildman–Crippen MR) is 82.6 cm³/mol. The average Bonchev–Trinajstić information content (AvgIpc) is 3.03. The van der Waals surface area contributed by atoms with Crippen molar-refractivity contribution in [1.82, 2.24) is 20.5 Å². The number of carbonyl (C=O) groups excluding carboxylic acids is 3. The molecule has 124 valence electrons. The Kier molecular flexibility index (Phi) is 3.98. The van der Waals surface area contributed by atoms with Crippen molar-refractivity contribution in [3.8, 4) is 0 Å². The van der Waals surface area contributed by atoms with Crippen LogP contribution in [-0.4, -0.2) is 47.1 Å². The van der Waals surface area contributed by atoms with Gasteiger partial charge in [0.05, 0.1) is 7.11 Å². The molecule has 0 unspecified atom stereocenters. The summed E-state index contributed by atoms with van der Waals surface area (Å²) in [6.45, 7) is 0. The number of amides is 2. The molecule has 1 aliphatic heterocycles. The molecule has 24 heavy (non-hydrogen) atoms. The quantitative estimate of drug-likeness (QED) is 0.701. The third kappa shape index (κ3) is 2.60. The molecule has 0 aromatic carbocycles. The minimum atomic E-state index is -0.573. The van der Waals surface area contributed by atoms with Crippen LogP contribution in [0.4, 0.5) is 5.82 Å². The second-order valence-corrected chi connectivity index (χ2v) is 5.18. The SMILES string of the molecule is CNC(=O)c1[nH]nc2c1[C@H](c1cccc(C(=O)OC)n1)CC(=O)N2. The number of aromatic amines is 1. The van der Waals surface area contributed by atoms with Gasteiger partial charge >= 0.3 is 5.97 Å². The molecule has 3 N–H and O–H groups in total. The molecule has 0 aliphatic carbocycles. The van der Waals surface area contributed by atoms with E-state index in [2.05, 4.69) is 30.6 Å². The molecular formula is C15H15N5O4. The Morgan fingerprint density at radius 2 is 2.17 bits per heavy atom. The van der Waals surface area contributed by atoms with Gasteiger partial charge in [-0.15, -0.1) is 0 Å². The maximum atomic E-state index is 12.0. The van der Waals surface area contributed by atoms with Crippen LogP contribution >= 0.6 is 0 Å². The van der Waals surface area contributed by atoms with Gasteiger partial charge < -0.3 is 15.4 Å². The van der Waals surface area contributed by atoms with E-state index in [9.17, 15) is 14.4 Å². The molecular weight excluding hydrogens is 314 g/mol. The molecule has 0 fully saturated rings. The van der Waals surface area contributed by atoms with E-state index in [0.717, 1.165) is 0 Å². The first-order chi connectivity index (χ1) is 11.5. The lowest BCUT2D eigenvalue weighted by Crippen LogP contribution is -2.27. The first-order valence-corrected chi connectivity index (χ1v) is 7.20. The molecule has 2 amide bonds. The van der Waals surface area contributed by atoms with Crippen molar-refractivity contribution < 1.29 is 19.1 Å². The van der Waals surface area contributed by atoms with Crippen LogP contribution in [0.5, 0.6) is 0 Å². The van der Waals surface area contributed by atoms with E-state index in [0.29, 0.717) is 17.1 Å². The van der Waals surface area contributed by atoms with Crippen molar-refractivity contribution in [3.05, 3.63) is 40.8 Å². The summed E-state index contributed by atoms with van der Waals surface area (Å²) in [5, 5.41) is 11.8. The topological polar surface area (TPSA) is 126 Å². The Morgan fingerprint density at radius 3 is 2.88 bits per heavy atom. The molecule has 2 aromatic heterocycles. The Bertz CT molecular complexity index is 829. The summed E-state index contributed by atoms with van der Waals surface area (Å²) in [5.41, 5.74) is 1.42. The highest BCUT2D eigenvalue weighted by atomic mass is 16.5. The summed E-state index contributed by atoms with van der Waals surface area (Å²) in [6, 6.07) is 4.87. The second-order valence-electron chi connectivity index (χ2n) is 5.18. The number of nitrogens with one attached hydrogen (secondary N) is 3. The number of nitrogens with zero attached hydrogens (tertiary/aromatic N) is 2. The number of fused-ring (bicyclic) bond motifs is 1. The van der Waals surface area contributed by atoms with Gasteiger partial charge in [0.25, 0.3) is 5.91 Å². The Morgan fingerprint density at radius 1 is 1.38 bits per heavy atom. The second kappa shape index (κ2) is 6.11. The highest BCUT2D eigenvalue weighted by molar-refractivity contribution is 6.00. The van der Waals surface area contributed by atoms with Gasteiger partial charge in [-0.05, 0) is 12.1 Å². The zero-order valence-corrected chi connectivity index (χ0v) is 13.0. The number of pyridine rings is 1. The number of anilines is 1. The molecule has 0 bridgehead atoms. The lowest BCUT2D eigenvalue weighted by Gasteiger charge is -2.22. The first kappa shape index (κ1) is 15.7. The van der Waals surface area contributed by atoms with Crippen molar-refractivity contribution in [2.45, 2.75) is 12.3 Å². The van der Waals surface area contributed by atoms with E-state index in [4.69, 9.17) is 0 Å². The molecule has 9 nitrogen and oxygen atoms in total. The van der Waals surface area contributed by atoms with Gasteiger partial charge in [0.15, 0.2) is 5.82 Å². The zero-order chi connectivity index (χ0) is 17.3. The average molecular weight is 329 g/mol. The van der Waals surface area contributed by atoms with Gasteiger partial charge in [-0.2, -0.15) is 5.10 Å². The number of hydrogen-bond acceptors (Lipinski definition) is 6. The van der Waals surface area contributed by atoms with Crippen molar-refractivity contribution >= 4 is 23.6 Å². The maximum absolute atomic E-state index is 12.0. The summed E-state index contributed by atoms with van der Waals surface area (Å²) in [4.78, 5) is 39.9. The third-order valence-corrected chi connectivity index (χ3v) is 3.78. The van der Waals surface area contributed by atoms with Gasteiger partial charge in [0.1, 0.15) is 11.4 Å². The van der Waals surface area contributed by atoms with Crippen LogP contribution in [-0.2, 0) is 9.53 Å². The summed E-state index contributed by atoms with van der Waals surface area (Å²) < 4.78 is 4.67. The van der Waals surface area contributed by atoms with Gasteiger partial charge in [-0.3, -0.25) is 14.7 Å². The van der Waals surface area contributed by atoms with Crippen LogP contribution in [0.25, 0.3) is 0 Å². The molecule has 0 saturated heterocycles. The molecule has 0 saturated carbocycles. The van der Waals surface area contributed by atoms with E-state index >= 15 is 0 Å². The Balaban J connectivity index is 2.10. The third-order valence-electron chi connectivity index (χ3n) is 3.78. The lowest BCUT2D eigenvalue weighted by molar-refractivity contribution is -0.116. The first-order valence-electron chi connectivity index (χ1n) is 7.20. The van der Waals surface area contributed by atoms with E-state index in [1.165, 1.54) is 20.2 Å². The number of methoxy groups -OCH3 is 1. The molecule has 3 rings (SSSR count). The summed E-state index contributed by atoms with van der Waals surface area (Å²) in [5.74, 6) is -1.37. The molecule has 1 atom stereocenters. The molecule has 0 spiro atoms. The fraction of sp³-hybridized carbons (Fsp3) is 0.267. The standard InChI is InChI=1S/C15H15N5O4/c1-16-14(22)12-11-7(6-10(21)18-13(11)20-19-12)8-4-3-5-9(17-8)15(23)24-2/h3-5,7H,6H2,1-2H3,(H,16,22)(H2,18,19,20,21)/t7-/m0/s1. The van der Waals surface area contributed by atoms with Gasteiger partial charge in [-0.25, -0.2) is 9.78 Å². The van der Waals surface area contributed by atoms with Crippen LogP contribution in [0, 0.1) is 0 Å². The molecule has 1 aliphatic rings. The number of carbonyl (C=O) groups is 3. The Hall–Kier alpha value is -3.23. The Labute approximate surface area is 136 Å². The fourth-order valence-corrected chi connectivity index (χ4v) is 2.67. The van der Waals surface area contributed by atoms with Crippen molar-refractivity contribution in [2.24, 2.45) is 0 Å². The van der Waals surface area contributed by atoms with Gasteiger partial charge in [0, 0.05) is 30.6 Å². The van der Waals surface area contributed by atoms with Crippen molar-refractivity contribution in [1.29, 1.82) is 0 Å². The number of hydrogen-bond donors (Lipinski definition) is 3. The van der Waals surface area contributed by atoms with Crippen LogP contribution in [0.2, 0.25) is 0 Å². The minimum Gasteiger partial charge on any atom is -0.464 e. The minimum absolute atomic E-state index is 0.0914. The molecule has 9 heteroatoms. The molecule has 0 radical (unpaired) electrons. The number of ether oxygens (including phenoxy) is 1. The van der Waals surface area contributed by atoms with Crippen molar-refractivity contribution in [2.75, 3.05) is 19.5 Å². The van der Waals surface area contributed by atoms with Crippen LogP contribution in [0.1, 0.15) is 44.6 Å². The predicted octanol–water partition coefficient (Wildman–Crippen LogP) is 0.425. The lowest BCUT2D eigenvalue weighted by atomic mass is 9.88. The summed E-state index contributed by atoms with van der Waals surface area (Å²) in [7, 11) is 2.77. The van der Waals surface area contributed by atoms with Crippen molar-refractivity contribution in [3.63, 3.8) is 0 Å².